The summed E-state index contributed by atoms with van der Waals surface area (Å²) in [6.45, 7) is 0.850. The lowest BCUT2D eigenvalue weighted by molar-refractivity contribution is 0.391. The van der Waals surface area contributed by atoms with Crippen molar-refractivity contribution in [3.05, 3.63) is 93.2 Å². The minimum absolute atomic E-state index is 0.425. The first-order valence-corrected chi connectivity index (χ1v) is 14.0. The van der Waals surface area contributed by atoms with Gasteiger partial charge in [-0.25, -0.2) is 17.7 Å². The van der Waals surface area contributed by atoms with E-state index in [0.717, 1.165) is 33.4 Å². The van der Waals surface area contributed by atoms with Gasteiger partial charge in [-0.2, -0.15) is 5.26 Å². The average molecular weight is 537 g/mol. The van der Waals surface area contributed by atoms with E-state index < -0.39 is 10.0 Å². The van der Waals surface area contributed by atoms with Crippen LogP contribution in [0.1, 0.15) is 29.8 Å². The van der Waals surface area contributed by atoms with Crippen molar-refractivity contribution in [1.82, 2.24) is 14.3 Å². The molecule has 0 saturated carbocycles. The molecule has 1 fully saturated rings. The van der Waals surface area contributed by atoms with Gasteiger partial charge in [0.25, 0.3) is 0 Å². The van der Waals surface area contributed by atoms with E-state index in [9.17, 15) is 13.7 Å². The number of imidazole rings is 1. The lowest BCUT2D eigenvalue weighted by Crippen LogP contribution is -2.35. The molecule has 0 atom stereocenters. The maximum atomic E-state index is 12.0. The summed E-state index contributed by atoms with van der Waals surface area (Å²) >= 11 is 12.4. The molecule has 1 aliphatic rings. The molecule has 0 aliphatic carbocycles. The van der Waals surface area contributed by atoms with Crippen LogP contribution in [0.15, 0.2) is 66.2 Å². The third-order valence-corrected chi connectivity index (χ3v) is 8.43. The number of sulfonamides is 1. The van der Waals surface area contributed by atoms with Gasteiger partial charge < -0.3 is 4.98 Å². The molecule has 0 radical (unpaired) electrons. The Bertz CT molecular complexity index is 1600. The van der Waals surface area contributed by atoms with Crippen LogP contribution >= 0.6 is 23.2 Å². The molecule has 5 rings (SSSR count). The van der Waals surface area contributed by atoms with Gasteiger partial charge in [-0.1, -0.05) is 65.2 Å². The molecule has 1 saturated heterocycles. The molecular formula is C27H22Cl2N4O2S. The Kier molecular flexibility index (Phi) is 6.62. The van der Waals surface area contributed by atoms with Crippen LogP contribution in [0.4, 0.5) is 0 Å². The minimum Gasteiger partial charge on any atom is -0.338 e. The molecule has 182 valence electrons. The molecule has 9 heteroatoms. The quantitative estimate of drug-likeness (QED) is 0.333. The Hall–Kier alpha value is -3.15. The van der Waals surface area contributed by atoms with Gasteiger partial charge >= 0.3 is 0 Å². The van der Waals surface area contributed by atoms with Crippen LogP contribution in [0.25, 0.3) is 27.7 Å². The van der Waals surface area contributed by atoms with Crippen LogP contribution < -0.4 is 0 Å². The summed E-state index contributed by atoms with van der Waals surface area (Å²) in [4.78, 5) is 8.20. The molecule has 2 heterocycles. The second kappa shape index (κ2) is 9.72. The van der Waals surface area contributed by atoms with Crippen LogP contribution in [-0.2, 0) is 10.0 Å². The zero-order valence-electron chi connectivity index (χ0n) is 19.4. The second-order valence-electron chi connectivity index (χ2n) is 8.78. The molecule has 6 nitrogen and oxygen atoms in total. The number of nitrogens with zero attached hydrogens (tertiary/aromatic N) is 3. The highest BCUT2D eigenvalue weighted by molar-refractivity contribution is 7.88. The summed E-state index contributed by atoms with van der Waals surface area (Å²) < 4.78 is 25.6. The number of hydrogen-bond donors (Lipinski definition) is 1. The summed E-state index contributed by atoms with van der Waals surface area (Å²) in [5.74, 6) is 0.686. The van der Waals surface area contributed by atoms with E-state index >= 15 is 0 Å². The van der Waals surface area contributed by atoms with Gasteiger partial charge in [-0.05, 0) is 53.8 Å². The van der Waals surface area contributed by atoms with Crippen LogP contribution in [0.3, 0.4) is 0 Å². The highest BCUT2D eigenvalue weighted by Gasteiger charge is 2.25. The van der Waals surface area contributed by atoms with Crippen molar-refractivity contribution < 1.29 is 8.42 Å². The summed E-state index contributed by atoms with van der Waals surface area (Å²) in [6.07, 6.45) is 2.45. The van der Waals surface area contributed by atoms with Crippen molar-refractivity contribution in [2.24, 2.45) is 0 Å². The number of nitriles is 1. The Balaban J connectivity index is 1.59. The van der Waals surface area contributed by atoms with E-state index in [0.29, 0.717) is 52.9 Å². The summed E-state index contributed by atoms with van der Waals surface area (Å²) in [6, 6.07) is 21.3. The molecule has 0 amide bonds. The highest BCUT2D eigenvalue weighted by atomic mass is 35.5. The number of hydrogen-bond acceptors (Lipinski definition) is 4. The number of nitrogens with one attached hydrogen (secondary N) is 1. The first-order valence-electron chi connectivity index (χ1n) is 11.4. The van der Waals surface area contributed by atoms with Crippen molar-refractivity contribution in [2.45, 2.75) is 12.8 Å². The number of fused-ring (bicyclic) bond motifs is 1. The molecule has 1 aromatic heterocycles. The standard InChI is InChI=1S/C27H22Cl2N4O2S/c1-36(34,35)33-11-9-20(10-12-33)26(27-31-24-14-22(28)23(29)15-25(24)32-27)19-7-5-18(6-8-19)21-4-2-3-17(13-21)16-30/h2-8,13-15H,9-12H2,1H3,(H,31,32). The number of piperidine rings is 1. The summed E-state index contributed by atoms with van der Waals surface area (Å²) in [7, 11) is -3.24. The van der Waals surface area contributed by atoms with E-state index in [1.165, 1.54) is 10.6 Å². The minimum atomic E-state index is -3.24. The molecule has 4 aromatic rings. The Morgan fingerprint density at radius 3 is 2.36 bits per heavy atom. The third kappa shape index (κ3) is 4.91. The zero-order chi connectivity index (χ0) is 25.4. The number of halogens is 2. The third-order valence-electron chi connectivity index (χ3n) is 6.41. The first-order chi connectivity index (χ1) is 17.2. The van der Waals surface area contributed by atoms with E-state index in [2.05, 4.69) is 11.1 Å². The molecule has 0 bridgehead atoms. The SMILES string of the molecule is CS(=O)(=O)N1CCC(=C(c2ccc(-c3cccc(C#N)c3)cc2)c2nc3cc(Cl)c(Cl)cc3[nH]2)CC1. The smallest absolute Gasteiger partial charge is 0.211 e. The molecule has 0 unspecified atom stereocenters. The number of aromatic amines is 1. The zero-order valence-corrected chi connectivity index (χ0v) is 21.8. The first kappa shape index (κ1) is 24.5. The average Bonchev–Trinajstić information content (AvgIpc) is 3.26. The molecule has 36 heavy (non-hydrogen) atoms. The second-order valence-corrected chi connectivity index (χ2v) is 11.6. The van der Waals surface area contributed by atoms with Gasteiger partial charge in [-0.3, -0.25) is 0 Å². The molecule has 1 N–H and O–H groups in total. The van der Waals surface area contributed by atoms with Gasteiger partial charge in [0.1, 0.15) is 5.82 Å². The van der Waals surface area contributed by atoms with Gasteiger partial charge in [0.2, 0.25) is 10.0 Å². The van der Waals surface area contributed by atoms with Crippen LogP contribution in [-0.4, -0.2) is 42.0 Å². The Morgan fingerprint density at radius 1 is 1.00 bits per heavy atom. The van der Waals surface area contributed by atoms with E-state index in [4.69, 9.17) is 28.2 Å². The topological polar surface area (TPSA) is 89.8 Å². The summed E-state index contributed by atoms with van der Waals surface area (Å²) in [5.41, 5.74) is 7.09. The van der Waals surface area contributed by atoms with E-state index in [1.807, 2.05) is 42.5 Å². The number of rotatable bonds is 4. The number of aromatic nitrogens is 2. The summed E-state index contributed by atoms with van der Waals surface area (Å²) in [5, 5.41) is 10.1. The molecule has 3 aromatic carbocycles. The molecular weight excluding hydrogens is 515 g/mol. The fourth-order valence-electron chi connectivity index (χ4n) is 4.57. The predicted molar refractivity (Wildman–Crippen MR) is 144 cm³/mol. The van der Waals surface area contributed by atoms with Crippen molar-refractivity contribution in [1.29, 1.82) is 5.26 Å². The molecule has 0 spiro atoms. The predicted octanol–water partition coefficient (Wildman–Crippen LogP) is 6.27. The largest absolute Gasteiger partial charge is 0.338 e. The van der Waals surface area contributed by atoms with Crippen LogP contribution in [0.5, 0.6) is 0 Å². The monoisotopic (exact) mass is 536 g/mol. The van der Waals surface area contributed by atoms with E-state index in [-0.39, 0.29) is 0 Å². The van der Waals surface area contributed by atoms with Gasteiger partial charge in [0.15, 0.2) is 0 Å². The lowest BCUT2D eigenvalue weighted by Gasteiger charge is -2.28. The van der Waals surface area contributed by atoms with Gasteiger partial charge in [-0.15, -0.1) is 0 Å². The maximum Gasteiger partial charge on any atom is 0.211 e. The Labute approximate surface area is 219 Å². The van der Waals surface area contributed by atoms with E-state index in [1.54, 1.807) is 18.2 Å². The number of benzene rings is 3. The fourth-order valence-corrected chi connectivity index (χ4v) is 5.73. The van der Waals surface area contributed by atoms with Crippen molar-refractivity contribution in [3.63, 3.8) is 0 Å². The normalized spacial score (nSPS) is 14.7. The van der Waals surface area contributed by atoms with Gasteiger partial charge in [0, 0.05) is 18.7 Å². The number of H-pyrrole nitrogens is 1. The van der Waals surface area contributed by atoms with Crippen molar-refractivity contribution in [2.75, 3.05) is 19.3 Å². The van der Waals surface area contributed by atoms with Crippen LogP contribution in [0.2, 0.25) is 10.0 Å². The van der Waals surface area contributed by atoms with Gasteiger partial charge in [0.05, 0.1) is 39.0 Å². The Morgan fingerprint density at radius 2 is 1.69 bits per heavy atom. The lowest BCUT2D eigenvalue weighted by atomic mass is 9.92. The molecule has 1 aliphatic heterocycles. The fraction of sp³-hybridized carbons (Fsp3) is 0.185. The van der Waals surface area contributed by atoms with Crippen molar-refractivity contribution >= 4 is 49.8 Å². The maximum absolute atomic E-state index is 12.0. The van der Waals surface area contributed by atoms with Crippen LogP contribution in [0, 0.1) is 11.3 Å². The highest BCUT2D eigenvalue weighted by Crippen LogP contribution is 2.35. The van der Waals surface area contributed by atoms with Crippen molar-refractivity contribution in [3.8, 4) is 17.2 Å².